The molecule has 0 fully saturated rings. The van der Waals surface area contributed by atoms with E-state index in [4.69, 9.17) is 5.73 Å². The monoisotopic (exact) mass is 389 g/mol. The summed E-state index contributed by atoms with van der Waals surface area (Å²) in [6.07, 6.45) is 0.878. The Labute approximate surface area is 127 Å². The molecule has 0 saturated carbocycles. The minimum atomic E-state index is 0.496. The lowest BCUT2D eigenvalue weighted by Gasteiger charge is -2.10. The van der Waals surface area contributed by atoms with E-state index in [0.717, 1.165) is 25.9 Å². The molecule has 0 amide bonds. The normalized spacial score (nSPS) is 11.2. The molecule has 0 spiro atoms. The van der Waals surface area contributed by atoms with Gasteiger partial charge in [0.1, 0.15) is 5.82 Å². The van der Waals surface area contributed by atoms with Gasteiger partial charge in [-0.15, -0.1) is 11.3 Å². The largest absolute Gasteiger partial charge is 0.383 e. The Morgan fingerprint density at radius 3 is 2.61 bits per heavy atom. The van der Waals surface area contributed by atoms with Gasteiger partial charge in [-0.2, -0.15) is 0 Å². The van der Waals surface area contributed by atoms with Crippen molar-refractivity contribution in [2.75, 3.05) is 5.73 Å². The van der Waals surface area contributed by atoms with Crippen LogP contribution < -0.4 is 5.73 Å². The molecule has 0 aliphatic rings. The van der Waals surface area contributed by atoms with E-state index in [1.807, 2.05) is 11.4 Å². The SMILES string of the molecule is CC(C)Cc1nc(-c2sccc2Br)nc(N)c1Br. The predicted octanol–water partition coefficient (Wildman–Crippen LogP) is 4.51. The number of aromatic nitrogens is 2. The standard InChI is InChI=1S/C12H13Br2N3S/c1-6(2)5-8-9(14)11(15)17-12(16-8)10-7(13)3-4-18-10/h3-4,6H,5H2,1-2H3,(H2,15,16,17). The molecule has 18 heavy (non-hydrogen) atoms. The van der Waals surface area contributed by atoms with E-state index in [9.17, 15) is 0 Å². The molecule has 2 aromatic heterocycles. The van der Waals surface area contributed by atoms with Crippen molar-refractivity contribution in [2.45, 2.75) is 20.3 Å². The molecule has 0 unspecified atom stereocenters. The van der Waals surface area contributed by atoms with E-state index in [-0.39, 0.29) is 0 Å². The van der Waals surface area contributed by atoms with E-state index in [1.165, 1.54) is 0 Å². The average molecular weight is 391 g/mol. The van der Waals surface area contributed by atoms with Crippen LogP contribution in [-0.2, 0) is 6.42 Å². The summed E-state index contributed by atoms with van der Waals surface area (Å²) in [4.78, 5) is 9.98. The van der Waals surface area contributed by atoms with Gasteiger partial charge in [0.05, 0.1) is 15.0 Å². The lowest BCUT2D eigenvalue weighted by Crippen LogP contribution is -2.05. The third-order valence-electron chi connectivity index (χ3n) is 2.37. The Kier molecular flexibility index (Phi) is 4.40. The molecule has 6 heteroatoms. The second-order valence-electron chi connectivity index (χ2n) is 4.39. The third-order valence-corrected chi connectivity index (χ3v) is 5.06. The molecule has 0 aromatic carbocycles. The Bertz CT molecular complexity index is 566. The predicted molar refractivity (Wildman–Crippen MR) is 83.7 cm³/mol. The van der Waals surface area contributed by atoms with Crippen LogP contribution >= 0.6 is 43.2 Å². The van der Waals surface area contributed by atoms with Crippen LogP contribution in [0, 0.1) is 5.92 Å². The molecule has 0 saturated heterocycles. The zero-order chi connectivity index (χ0) is 13.3. The summed E-state index contributed by atoms with van der Waals surface area (Å²) in [6.45, 7) is 4.32. The van der Waals surface area contributed by atoms with Gasteiger partial charge >= 0.3 is 0 Å². The molecule has 0 atom stereocenters. The fourth-order valence-corrected chi connectivity index (χ4v) is 3.41. The highest BCUT2D eigenvalue weighted by atomic mass is 79.9. The fourth-order valence-electron chi connectivity index (χ4n) is 1.59. The molecule has 3 nitrogen and oxygen atoms in total. The molecule has 96 valence electrons. The molecule has 0 aliphatic carbocycles. The van der Waals surface area contributed by atoms with Crippen LogP contribution in [0.15, 0.2) is 20.4 Å². The second-order valence-corrected chi connectivity index (χ2v) is 6.95. The summed E-state index contributed by atoms with van der Waals surface area (Å²) in [5, 5.41) is 2.00. The van der Waals surface area contributed by atoms with Crippen LogP contribution in [-0.4, -0.2) is 9.97 Å². The summed E-state index contributed by atoms with van der Waals surface area (Å²) in [6, 6.07) is 1.99. The Hall–Kier alpha value is -0.460. The van der Waals surface area contributed by atoms with Crippen molar-refractivity contribution in [3.05, 3.63) is 26.1 Å². The van der Waals surface area contributed by atoms with Crippen molar-refractivity contribution in [3.8, 4) is 10.7 Å². The van der Waals surface area contributed by atoms with Gasteiger partial charge in [-0.05, 0) is 55.6 Å². The molecule has 0 aliphatic heterocycles. The minimum absolute atomic E-state index is 0.496. The third kappa shape index (κ3) is 2.92. The van der Waals surface area contributed by atoms with Crippen molar-refractivity contribution in [1.82, 2.24) is 9.97 Å². The molecule has 0 bridgehead atoms. The van der Waals surface area contributed by atoms with Gasteiger partial charge in [-0.25, -0.2) is 9.97 Å². The number of rotatable bonds is 3. The lowest BCUT2D eigenvalue weighted by molar-refractivity contribution is 0.633. The van der Waals surface area contributed by atoms with Crippen LogP contribution in [0.4, 0.5) is 5.82 Å². The van der Waals surface area contributed by atoms with E-state index < -0.39 is 0 Å². The number of hydrogen-bond acceptors (Lipinski definition) is 4. The van der Waals surface area contributed by atoms with Crippen molar-refractivity contribution in [3.63, 3.8) is 0 Å². The topological polar surface area (TPSA) is 51.8 Å². The summed E-state index contributed by atoms with van der Waals surface area (Å²) in [5.74, 6) is 1.71. The van der Waals surface area contributed by atoms with Crippen molar-refractivity contribution in [1.29, 1.82) is 0 Å². The van der Waals surface area contributed by atoms with Crippen LogP contribution in [0.1, 0.15) is 19.5 Å². The quantitative estimate of drug-likeness (QED) is 0.838. The molecular formula is C12H13Br2N3S. The number of nitrogens with zero attached hydrogens (tertiary/aromatic N) is 2. The lowest BCUT2D eigenvalue weighted by atomic mass is 10.1. The van der Waals surface area contributed by atoms with Gasteiger partial charge in [0.2, 0.25) is 0 Å². The van der Waals surface area contributed by atoms with Gasteiger partial charge in [0.25, 0.3) is 0 Å². The number of halogens is 2. The zero-order valence-corrected chi connectivity index (χ0v) is 14.1. The minimum Gasteiger partial charge on any atom is -0.383 e. The average Bonchev–Trinajstić information content (AvgIpc) is 2.70. The Morgan fingerprint density at radius 2 is 2.06 bits per heavy atom. The van der Waals surface area contributed by atoms with E-state index in [2.05, 4.69) is 55.7 Å². The van der Waals surface area contributed by atoms with Crippen molar-refractivity contribution < 1.29 is 0 Å². The van der Waals surface area contributed by atoms with Gasteiger partial charge in [0, 0.05) is 4.47 Å². The molecule has 0 radical (unpaired) electrons. The number of nitrogen functional groups attached to an aromatic ring is 1. The first-order valence-corrected chi connectivity index (χ1v) is 8.01. The molecular weight excluding hydrogens is 378 g/mol. The maximum atomic E-state index is 5.94. The number of nitrogens with two attached hydrogens (primary N) is 1. The highest BCUT2D eigenvalue weighted by Crippen LogP contribution is 2.34. The van der Waals surface area contributed by atoms with Crippen molar-refractivity contribution >= 4 is 49.0 Å². The molecule has 2 N–H and O–H groups in total. The van der Waals surface area contributed by atoms with Crippen LogP contribution in [0.2, 0.25) is 0 Å². The van der Waals surface area contributed by atoms with Gasteiger partial charge in [0.15, 0.2) is 5.82 Å². The Balaban J connectivity index is 2.51. The first-order chi connectivity index (χ1) is 8.49. The molecule has 2 aromatic rings. The number of anilines is 1. The first kappa shape index (κ1) is 14.0. The van der Waals surface area contributed by atoms with Gasteiger partial charge in [-0.1, -0.05) is 13.8 Å². The van der Waals surface area contributed by atoms with Gasteiger partial charge < -0.3 is 5.73 Å². The van der Waals surface area contributed by atoms with Crippen molar-refractivity contribution in [2.24, 2.45) is 5.92 Å². The zero-order valence-electron chi connectivity index (χ0n) is 10.1. The van der Waals surface area contributed by atoms with E-state index in [1.54, 1.807) is 11.3 Å². The maximum Gasteiger partial charge on any atom is 0.173 e. The number of thiophene rings is 1. The van der Waals surface area contributed by atoms with E-state index in [0.29, 0.717) is 17.6 Å². The number of hydrogen-bond donors (Lipinski definition) is 1. The smallest absolute Gasteiger partial charge is 0.173 e. The fraction of sp³-hybridized carbons (Fsp3) is 0.333. The summed E-state index contributed by atoms with van der Waals surface area (Å²) in [5.41, 5.74) is 6.91. The van der Waals surface area contributed by atoms with Crippen LogP contribution in [0.3, 0.4) is 0 Å². The summed E-state index contributed by atoms with van der Waals surface area (Å²) < 4.78 is 1.82. The highest BCUT2D eigenvalue weighted by Gasteiger charge is 2.15. The molecule has 2 heterocycles. The van der Waals surface area contributed by atoms with Crippen LogP contribution in [0.5, 0.6) is 0 Å². The summed E-state index contributed by atoms with van der Waals surface area (Å²) in [7, 11) is 0. The summed E-state index contributed by atoms with van der Waals surface area (Å²) >= 11 is 8.57. The second kappa shape index (κ2) is 5.67. The first-order valence-electron chi connectivity index (χ1n) is 5.54. The van der Waals surface area contributed by atoms with Gasteiger partial charge in [-0.3, -0.25) is 0 Å². The highest BCUT2D eigenvalue weighted by molar-refractivity contribution is 9.11. The Morgan fingerprint density at radius 1 is 1.33 bits per heavy atom. The molecule has 2 rings (SSSR count). The maximum absolute atomic E-state index is 5.94. The van der Waals surface area contributed by atoms with E-state index >= 15 is 0 Å². The van der Waals surface area contributed by atoms with Crippen LogP contribution in [0.25, 0.3) is 10.7 Å².